The number of thiophene rings is 1. The first-order valence-corrected chi connectivity index (χ1v) is 8.03. The number of rotatable bonds is 5. The molecule has 1 saturated carbocycles. The third-order valence-electron chi connectivity index (χ3n) is 3.31. The minimum atomic E-state index is 0.457. The molecule has 1 aliphatic rings. The highest BCUT2D eigenvalue weighted by molar-refractivity contribution is 9.10. The second kappa shape index (κ2) is 6.88. The van der Waals surface area contributed by atoms with E-state index in [1.165, 1.54) is 35.0 Å². The van der Waals surface area contributed by atoms with Crippen LogP contribution in [0.2, 0.25) is 0 Å². The zero-order valence-electron chi connectivity index (χ0n) is 10.2. The molecule has 1 N–H and O–H groups in total. The molecule has 1 aromatic heterocycles. The normalized spacial score (nSPS) is 25.1. The second-order valence-corrected chi connectivity index (χ2v) is 6.39. The number of hydrogen-bond acceptors (Lipinski definition) is 3. The lowest BCUT2D eigenvalue weighted by Gasteiger charge is -2.28. The van der Waals surface area contributed by atoms with Gasteiger partial charge in [0.2, 0.25) is 0 Å². The second-order valence-electron chi connectivity index (χ2n) is 4.53. The molecular weight excluding hydrogens is 298 g/mol. The van der Waals surface area contributed by atoms with Crippen LogP contribution < -0.4 is 5.32 Å². The Balaban J connectivity index is 1.70. The third-order valence-corrected chi connectivity index (χ3v) is 5.21. The van der Waals surface area contributed by atoms with Gasteiger partial charge in [-0.25, -0.2) is 0 Å². The van der Waals surface area contributed by atoms with E-state index in [2.05, 4.69) is 39.6 Å². The summed E-state index contributed by atoms with van der Waals surface area (Å²) in [5.41, 5.74) is 0. The molecule has 1 aliphatic carbocycles. The zero-order valence-corrected chi connectivity index (χ0v) is 12.6. The molecule has 0 amide bonds. The fourth-order valence-electron chi connectivity index (χ4n) is 2.34. The van der Waals surface area contributed by atoms with E-state index in [1.54, 1.807) is 11.3 Å². The van der Waals surface area contributed by atoms with Crippen molar-refractivity contribution in [1.29, 1.82) is 0 Å². The van der Waals surface area contributed by atoms with Crippen LogP contribution in [0.4, 0.5) is 0 Å². The maximum Gasteiger partial charge on any atom is 0.0824 e. The zero-order chi connectivity index (χ0) is 12.1. The summed E-state index contributed by atoms with van der Waals surface area (Å²) in [5.74, 6) is 0. The average Bonchev–Trinajstić information content (AvgIpc) is 2.75. The first-order valence-electron chi connectivity index (χ1n) is 6.36. The molecule has 1 aromatic rings. The van der Waals surface area contributed by atoms with E-state index in [0.29, 0.717) is 12.1 Å². The average molecular weight is 318 g/mol. The number of halogens is 1. The lowest BCUT2D eigenvalue weighted by molar-refractivity contribution is 0.0125. The maximum absolute atomic E-state index is 5.99. The molecule has 1 heterocycles. The predicted molar refractivity (Wildman–Crippen MR) is 76.5 cm³/mol. The Morgan fingerprint density at radius 1 is 1.41 bits per heavy atom. The van der Waals surface area contributed by atoms with Crippen molar-refractivity contribution >= 4 is 27.3 Å². The quantitative estimate of drug-likeness (QED) is 0.888. The molecular formula is C13H20BrNOS. The Hall–Kier alpha value is 0.100. The SMILES string of the molecule is CCNC1CCC(OCc2sccc2Br)CC1. The maximum atomic E-state index is 5.99. The molecule has 2 nitrogen and oxygen atoms in total. The van der Waals surface area contributed by atoms with Crippen molar-refractivity contribution in [2.24, 2.45) is 0 Å². The molecule has 0 spiro atoms. The van der Waals surface area contributed by atoms with Gasteiger partial charge in [-0.3, -0.25) is 0 Å². The fraction of sp³-hybridized carbons (Fsp3) is 0.692. The Morgan fingerprint density at radius 3 is 2.76 bits per heavy atom. The molecule has 96 valence electrons. The summed E-state index contributed by atoms with van der Waals surface area (Å²) in [6.45, 7) is 4.02. The van der Waals surface area contributed by atoms with Gasteiger partial charge in [0.25, 0.3) is 0 Å². The molecule has 0 radical (unpaired) electrons. The highest BCUT2D eigenvalue weighted by Crippen LogP contribution is 2.26. The van der Waals surface area contributed by atoms with Crippen molar-refractivity contribution in [2.75, 3.05) is 6.54 Å². The molecule has 4 heteroatoms. The van der Waals surface area contributed by atoms with Gasteiger partial charge in [0.05, 0.1) is 12.7 Å². The van der Waals surface area contributed by atoms with Gasteiger partial charge in [0, 0.05) is 15.4 Å². The first kappa shape index (κ1) is 13.5. The largest absolute Gasteiger partial charge is 0.373 e. The number of ether oxygens (including phenoxy) is 1. The van der Waals surface area contributed by atoms with E-state index in [-0.39, 0.29) is 0 Å². The summed E-state index contributed by atoms with van der Waals surface area (Å²) in [4.78, 5) is 1.30. The lowest BCUT2D eigenvalue weighted by Crippen LogP contribution is -2.35. The summed E-state index contributed by atoms with van der Waals surface area (Å²) in [6.07, 6.45) is 5.36. The van der Waals surface area contributed by atoms with E-state index in [0.717, 1.165) is 13.2 Å². The van der Waals surface area contributed by atoms with Crippen molar-refractivity contribution in [3.05, 3.63) is 20.8 Å². The predicted octanol–water partition coefficient (Wildman–Crippen LogP) is 3.95. The summed E-state index contributed by atoms with van der Waals surface area (Å²) in [6, 6.07) is 2.80. The monoisotopic (exact) mass is 317 g/mol. The van der Waals surface area contributed by atoms with Crippen LogP contribution in [0, 0.1) is 0 Å². The molecule has 0 unspecified atom stereocenters. The van der Waals surface area contributed by atoms with Gasteiger partial charge in [0.15, 0.2) is 0 Å². The molecule has 2 rings (SSSR count). The van der Waals surface area contributed by atoms with E-state index < -0.39 is 0 Å². The molecule has 0 atom stereocenters. The summed E-state index contributed by atoms with van der Waals surface area (Å²) >= 11 is 5.30. The van der Waals surface area contributed by atoms with Crippen molar-refractivity contribution in [3.8, 4) is 0 Å². The van der Waals surface area contributed by atoms with Crippen LogP contribution >= 0.6 is 27.3 Å². The minimum Gasteiger partial charge on any atom is -0.373 e. The number of hydrogen-bond donors (Lipinski definition) is 1. The van der Waals surface area contributed by atoms with Crippen LogP contribution in [-0.2, 0) is 11.3 Å². The van der Waals surface area contributed by atoms with Crippen molar-refractivity contribution < 1.29 is 4.74 Å². The van der Waals surface area contributed by atoms with Gasteiger partial charge in [-0.1, -0.05) is 6.92 Å². The Bertz CT molecular complexity index is 334. The van der Waals surface area contributed by atoms with Crippen molar-refractivity contribution in [2.45, 2.75) is 51.4 Å². The first-order chi connectivity index (χ1) is 8.29. The van der Waals surface area contributed by atoms with E-state index >= 15 is 0 Å². The highest BCUT2D eigenvalue weighted by atomic mass is 79.9. The van der Waals surface area contributed by atoms with Gasteiger partial charge in [-0.2, -0.15) is 0 Å². The van der Waals surface area contributed by atoms with Crippen LogP contribution in [-0.4, -0.2) is 18.7 Å². The Kier molecular flexibility index (Phi) is 5.48. The summed E-state index contributed by atoms with van der Waals surface area (Å²) in [7, 11) is 0. The summed E-state index contributed by atoms with van der Waals surface area (Å²) in [5, 5.41) is 5.62. The van der Waals surface area contributed by atoms with Crippen LogP contribution in [0.3, 0.4) is 0 Å². The molecule has 17 heavy (non-hydrogen) atoms. The van der Waals surface area contributed by atoms with Crippen LogP contribution in [0.15, 0.2) is 15.9 Å². The smallest absolute Gasteiger partial charge is 0.0824 e. The molecule has 0 aliphatic heterocycles. The minimum absolute atomic E-state index is 0.457. The van der Waals surface area contributed by atoms with Crippen molar-refractivity contribution in [1.82, 2.24) is 5.32 Å². The van der Waals surface area contributed by atoms with Gasteiger partial charge >= 0.3 is 0 Å². The molecule has 1 fully saturated rings. The Labute approximate surface area is 116 Å². The number of nitrogens with one attached hydrogen (secondary N) is 1. The van der Waals surface area contributed by atoms with E-state index in [1.807, 2.05) is 0 Å². The summed E-state index contributed by atoms with van der Waals surface area (Å²) < 4.78 is 7.17. The van der Waals surface area contributed by atoms with Gasteiger partial charge in [-0.15, -0.1) is 11.3 Å². The molecule has 0 saturated heterocycles. The third kappa shape index (κ3) is 4.05. The Morgan fingerprint density at radius 2 is 2.18 bits per heavy atom. The van der Waals surface area contributed by atoms with Gasteiger partial charge in [0.1, 0.15) is 0 Å². The van der Waals surface area contributed by atoms with E-state index in [4.69, 9.17) is 4.74 Å². The van der Waals surface area contributed by atoms with Crippen LogP contribution in [0.1, 0.15) is 37.5 Å². The van der Waals surface area contributed by atoms with Crippen molar-refractivity contribution in [3.63, 3.8) is 0 Å². The van der Waals surface area contributed by atoms with E-state index in [9.17, 15) is 0 Å². The topological polar surface area (TPSA) is 21.3 Å². The van der Waals surface area contributed by atoms with Crippen LogP contribution in [0.25, 0.3) is 0 Å². The van der Waals surface area contributed by atoms with Crippen LogP contribution in [0.5, 0.6) is 0 Å². The highest BCUT2D eigenvalue weighted by Gasteiger charge is 2.21. The van der Waals surface area contributed by atoms with Gasteiger partial charge < -0.3 is 10.1 Å². The molecule has 0 aromatic carbocycles. The van der Waals surface area contributed by atoms with Gasteiger partial charge in [-0.05, 0) is 59.6 Å². The fourth-order valence-corrected chi connectivity index (χ4v) is 3.73. The molecule has 0 bridgehead atoms. The standard InChI is InChI=1S/C13H20BrNOS/c1-2-15-10-3-5-11(6-4-10)16-9-13-12(14)7-8-17-13/h7-8,10-11,15H,2-6,9H2,1H3. The lowest BCUT2D eigenvalue weighted by atomic mass is 9.93.